The maximum Gasteiger partial charge on any atom is 0.252 e. The van der Waals surface area contributed by atoms with E-state index < -0.39 is 5.41 Å². The Hall–Kier alpha value is -11.7. The van der Waals surface area contributed by atoms with Crippen molar-refractivity contribution in [3.05, 3.63) is 359 Å². The van der Waals surface area contributed by atoms with E-state index in [0.717, 1.165) is 12.2 Å². The monoisotopic (exact) mass is 1350 g/mol. The summed E-state index contributed by atoms with van der Waals surface area (Å²) in [5, 5.41) is 5.06. The van der Waals surface area contributed by atoms with Crippen LogP contribution in [0.3, 0.4) is 0 Å². The molecular weight excluding hydrogens is 1270 g/mol. The summed E-state index contributed by atoms with van der Waals surface area (Å²) in [4.78, 5) is 5.49. The Balaban J connectivity index is 0.856. The molecule has 0 radical (unpaired) electrons. The van der Waals surface area contributed by atoms with E-state index in [1.54, 1.807) is 0 Å². The third-order valence-electron chi connectivity index (χ3n) is 24.0. The second-order valence-corrected chi connectivity index (χ2v) is 33.2. The number of anilines is 4. The molecule has 4 aliphatic rings. The molecule has 0 unspecified atom stereocenters. The van der Waals surface area contributed by atoms with Crippen molar-refractivity contribution in [2.24, 2.45) is 0 Å². The molecule has 20 rings (SSSR count). The van der Waals surface area contributed by atoms with Crippen LogP contribution in [0.1, 0.15) is 118 Å². The Kier molecular flexibility index (Phi) is 13.9. The molecule has 0 N–H and O–H groups in total. The van der Waals surface area contributed by atoms with Gasteiger partial charge in [0, 0.05) is 80.6 Å². The molecule has 0 atom stereocenters. The number of para-hydroxylation sites is 3. The van der Waals surface area contributed by atoms with Crippen molar-refractivity contribution in [1.82, 2.24) is 9.13 Å². The van der Waals surface area contributed by atoms with Crippen molar-refractivity contribution < 1.29 is 0 Å². The van der Waals surface area contributed by atoms with Gasteiger partial charge in [-0.05, 0) is 193 Å². The summed E-state index contributed by atoms with van der Waals surface area (Å²) in [6, 6.07) is 117. The molecule has 4 heterocycles. The van der Waals surface area contributed by atoms with Gasteiger partial charge in [-0.25, -0.2) is 0 Å². The largest absolute Gasteiger partial charge is 0.338 e. The van der Waals surface area contributed by atoms with Gasteiger partial charge in [-0.1, -0.05) is 305 Å². The topological polar surface area (TPSA) is 16.3 Å². The minimum absolute atomic E-state index is 0.0503. The van der Waals surface area contributed by atoms with Crippen LogP contribution in [-0.2, 0) is 41.3 Å². The molecule has 0 bridgehead atoms. The molecule has 0 fully saturated rings. The van der Waals surface area contributed by atoms with Gasteiger partial charge in [0.1, 0.15) is 0 Å². The van der Waals surface area contributed by atoms with Crippen LogP contribution in [0.2, 0.25) is 0 Å². The predicted molar refractivity (Wildman–Crippen MR) is 445 cm³/mol. The van der Waals surface area contributed by atoms with Gasteiger partial charge < -0.3 is 18.9 Å². The third-order valence-corrected chi connectivity index (χ3v) is 24.0. The Bertz CT molecular complexity index is 6180. The summed E-state index contributed by atoms with van der Waals surface area (Å²) in [6.45, 7) is 23.2. The summed E-state index contributed by atoms with van der Waals surface area (Å²) in [5.74, 6) is 0. The van der Waals surface area contributed by atoms with E-state index in [1.165, 1.54) is 183 Å². The lowest BCUT2D eigenvalue weighted by Gasteiger charge is -2.45. The zero-order valence-corrected chi connectivity index (χ0v) is 61.4. The molecule has 0 saturated heterocycles. The number of hydrogen-bond donors (Lipinski definition) is 0. The molecule has 0 amide bonds. The van der Waals surface area contributed by atoms with Crippen LogP contribution in [0.15, 0.2) is 303 Å². The number of benzene rings is 14. The first kappa shape index (κ1) is 63.1. The molecule has 5 heteroatoms. The van der Waals surface area contributed by atoms with Crippen molar-refractivity contribution in [3.8, 4) is 50.2 Å². The lowest BCUT2D eigenvalue weighted by Crippen LogP contribution is -2.62. The summed E-state index contributed by atoms with van der Waals surface area (Å²) < 4.78 is 5.15. The highest BCUT2D eigenvalue weighted by Gasteiger charge is 2.52. The molecule has 14 aromatic carbocycles. The average Bonchev–Trinajstić information content (AvgIpc) is 1.56. The maximum absolute atomic E-state index is 2.75. The Morgan fingerprint density at radius 1 is 0.295 bits per heavy atom. The lowest BCUT2D eigenvalue weighted by atomic mass is 9.33. The fraction of sp³-hybridized carbons (Fsp3) is 0.160. The van der Waals surface area contributed by atoms with E-state index in [4.69, 9.17) is 0 Å². The maximum atomic E-state index is 2.75. The van der Waals surface area contributed by atoms with Gasteiger partial charge in [-0.3, -0.25) is 0 Å². The molecule has 2 aliphatic carbocycles. The fourth-order valence-corrected chi connectivity index (χ4v) is 18.9. The molecule has 2 aromatic heterocycles. The Morgan fingerprint density at radius 3 is 1.25 bits per heavy atom. The fourth-order valence-electron chi connectivity index (χ4n) is 18.9. The molecule has 0 saturated carbocycles. The van der Waals surface area contributed by atoms with E-state index in [1.807, 2.05) is 0 Å². The van der Waals surface area contributed by atoms with E-state index >= 15 is 0 Å². The van der Waals surface area contributed by atoms with Crippen molar-refractivity contribution in [2.75, 3.05) is 9.80 Å². The van der Waals surface area contributed by atoms with Crippen LogP contribution in [0.5, 0.6) is 0 Å². The van der Waals surface area contributed by atoms with Gasteiger partial charge in [-0.15, -0.1) is 0 Å². The van der Waals surface area contributed by atoms with Crippen LogP contribution < -0.4 is 26.2 Å². The third kappa shape index (κ3) is 9.59. The van der Waals surface area contributed by atoms with Crippen molar-refractivity contribution in [1.29, 1.82) is 0 Å². The smallest absolute Gasteiger partial charge is 0.252 e. The Labute approximate surface area is 617 Å². The predicted octanol–water partition coefficient (Wildman–Crippen LogP) is 23.3. The van der Waals surface area contributed by atoms with Crippen LogP contribution in [0.25, 0.3) is 93.8 Å². The summed E-state index contributed by atoms with van der Waals surface area (Å²) in [7, 11) is 0. The Morgan fingerprint density at radius 2 is 0.733 bits per heavy atom. The normalized spacial score (nSPS) is 13.9. The summed E-state index contributed by atoms with van der Waals surface area (Å²) in [5.41, 5.74) is 37.5. The van der Waals surface area contributed by atoms with Crippen LogP contribution in [-0.4, -0.2) is 15.8 Å². The number of hydrogen-bond acceptors (Lipinski definition) is 2. The molecule has 1 spiro atoms. The van der Waals surface area contributed by atoms with E-state index in [0.29, 0.717) is 13.1 Å². The molecular formula is C100H83BN4. The molecule has 2 aliphatic heterocycles. The minimum Gasteiger partial charge on any atom is -0.338 e. The van der Waals surface area contributed by atoms with Crippen LogP contribution >= 0.6 is 0 Å². The molecule has 4 nitrogen and oxygen atoms in total. The highest BCUT2D eigenvalue weighted by Crippen LogP contribution is 2.64. The zero-order valence-electron chi connectivity index (χ0n) is 61.4. The molecule has 506 valence electrons. The van der Waals surface area contributed by atoms with E-state index in [-0.39, 0.29) is 23.0 Å². The second kappa shape index (κ2) is 23.2. The lowest BCUT2D eigenvalue weighted by molar-refractivity contribution is 0.590. The van der Waals surface area contributed by atoms with Gasteiger partial charge >= 0.3 is 0 Å². The first-order valence-electron chi connectivity index (χ1n) is 37.7. The van der Waals surface area contributed by atoms with Crippen molar-refractivity contribution >= 4 is 89.5 Å². The van der Waals surface area contributed by atoms with Crippen LogP contribution in [0, 0.1) is 0 Å². The molecule has 105 heavy (non-hydrogen) atoms. The van der Waals surface area contributed by atoms with E-state index in [2.05, 4.69) is 385 Å². The minimum atomic E-state index is -0.503. The van der Waals surface area contributed by atoms with Gasteiger partial charge in [0.05, 0.1) is 16.4 Å². The van der Waals surface area contributed by atoms with Crippen molar-refractivity contribution in [3.63, 3.8) is 0 Å². The van der Waals surface area contributed by atoms with Crippen LogP contribution in [0.4, 0.5) is 22.7 Å². The highest BCUT2D eigenvalue weighted by molar-refractivity contribution is 7.00. The molecule has 16 aromatic rings. The second-order valence-electron chi connectivity index (χ2n) is 33.2. The average molecular weight is 1350 g/mol. The number of aromatic nitrogens is 2. The first-order valence-corrected chi connectivity index (χ1v) is 37.7. The zero-order chi connectivity index (χ0) is 71.0. The van der Waals surface area contributed by atoms with E-state index in [9.17, 15) is 0 Å². The van der Waals surface area contributed by atoms with Crippen molar-refractivity contribution in [2.45, 2.75) is 104 Å². The number of rotatable bonds is 9. The highest BCUT2D eigenvalue weighted by atomic mass is 15.2. The standard InChI is InChI=1S/C100H83BN4/c1-97(2,3)68-47-45-66(78(53-68)64-28-12-10-13-29-64)61-103-92-52-63(60-102-88-41-25-19-35-75(88)76-36-20-26-42-89(76)102)44-50-86(92)101-87-51-49-71(57-93(87)104(95-56-70(99(7,8)9)55-94(103)96(95)101)62-67-46-48-69(98(4,5)6)54-79(67)65-30-14-11-15-31-65)105-90-43-27-21-37-77(90)81-58-80-74-34-18-24-40-84(74)100(85(80)59-91(81)105)82-38-22-16-32-72(82)73-33-17-23-39-83(73)100/h10-59H,60-62H2,1-9H3. The number of fused-ring (bicyclic) bond motifs is 20. The SMILES string of the molecule is CC(C)(C)c1ccc(CN2c3cc(Cn4c5ccccc5c5ccccc54)ccc3B3c4ccc(-n5c6ccccc6c6cc7c(cc65)C5(c6ccccc6-c6ccccc65)c5ccccc5-7)cc4N(Cc4ccc(C(C)(C)C)cc4-c4ccccc4)c4cc(C(C)(C)C)cc2c43)c(-c2ccccc2)c1. The van der Waals surface area contributed by atoms with Gasteiger partial charge in [0.15, 0.2) is 0 Å². The number of nitrogens with zero attached hydrogens (tertiary/aromatic N) is 4. The summed E-state index contributed by atoms with van der Waals surface area (Å²) in [6.07, 6.45) is 0. The first-order chi connectivity index (χ1) is 51.0. The summed E-state index contributed by atoms with van der Waals surface area (Å²) >= 11 is 0. The quantitative estimate of drug-likeness (QED) is 0.134. The van der Waals surface area contributed by atoms with Gasteiger partial charge in [-0.2, -0.15) is 0 Å². The van der Waals surface area contributed by atoms with Gasteiger partial charge in [0.25, 0.3) is 6.71 Å². The van der Waals surface area contributed by atoms with Gasteiger partial charge in [0.2, 0.25) is 0 Å².